The maximum Gasteiger partial charge on any atom is 0.245 e. The number of benzene rings is 2. The Bertz CT molecular complexity index is 747. The molecular formula is C15H12Cl2N2O2. The van der Waals surface area contributed by atoms with E-state index < -0.39 is 6.04 Å². The number of rotatable bonds is 2. The lowest BCUT2D eigenvalue weighted by Crippen LogP contribution is -2.19. The number of aryl methyl sites for hydroxylation is 1. The van der Waals surface area contributed by atoms with Gasteiger partial charge in [-0.15, -0.1) is 0 Å². The van der Waals surface area contributed by atoms with Crippen LogP contribution >= 0.6 is 23.2 Å². The van der Waals surface area contributed by atoms with Gasteiger partial charge in [-0.05, 0) is 36.8 Å². The zero-order valence-corrected chi connectivity index (χ0v) is 12.6. The molecule has 0 bridgehead atoms. The Hall–Kier alpha value is -1.75. The standard InChI is InChI=1S/C15H12Cl2N2O2/c1-7-4-8(16)2-3-12(7)21-13-6-11-9(5-10(13)17)14(18)15(20)19-11/h2-6,14H,18H2,1H3,(H,19,20). The molecule has 0 aliphatic carbocycles. The minimum absolute atomic E-state index is 0.249. The topological polar surface area (TPSA) is 64.3 Å². The molecule has 4 nitrogen and oxygen atoms in total. The van der Waals surface area contributed by atoms with Crippen LogP contribution < -0.4 is 15.8 Å². The zero-order valence-electron chi connectivity index (χ0n) is 11.1. The largest absolute Gasteiger partial charge is 0.455 e. The first kappa shape index (κ1) is 14.2. The Balaban J connectivity index is 1.97. The van der Waals surface area contributed by atoms with E-state index in [1.165, 1.54) is 0 Å². The van der Waals surface area contributed by atoms with Crippen LogP contribution in [0.25, 0.3) is 0 Å². The van der Waals surface area contributed by atoms with E-state index in [4.69, 9.17) is 33.7 Å². The molecule has 21 heavy (non-hydrogen) atoms. The highest BCUT2D eigenvalue weighted by Gasteiger charge is 2.28. The van der Waals surface area contributed by atoms with Gasteiger partial charge in [0.2, 0.25) is 5.91 Å². The molecule has 3 rings (SSSR count). The highest BCUT2D eigenvalue weighted by Crippen LogP contribution is 2.40. The Morgan fingerprint density at radius 1 is 1.19 bits per heavy atom. The van der Waals surface area contributed by atoms with Gasteiger partial charge in [0, 0.05) is 22.3 Å². The van der Waals surface area contributed by atoms with Crippen LogP contribution in [0, 0.1) is 6.92 Å². The highest BCUT2D eigenvalue weighted by atomic mass is 35.5. The van der Waals surface area contributed by atoms with Gasteiger partial charge in [0.05, 0.1) is 5.02 Å². The van der Waals surface area contributed by atoms with Crippen molar-refractivity contribution in [2.24, 2.45) is 5.73 Å². The molecule has 0 fully saturated rings. The summed E-state index contributed by atoms with van der Waals surface area (Å²) >= 11 is 12.1. The van der Waals surface area contributed by atoms with Gasteiger partial charge in [-0.3, -0.25) is 4.79 Å². The van der Waals surface area contributed by atoms with Crippen LogP contribution in [0.4, 0.5) is 5.69 Å². The van der Waals surface area contributed by atoms with Crippen LogP contribution in [0.1, 0.15) is 17.2 Å². The van der Waals surface area contributed by atoms with Gasteiger partial charge in [-0.25, -0.2) is 0 Å². The number of hydrogen-bond acceptors (Lipinski definition) is 3. The highest BCUT2D eigenvalue weighted by molar-refractivity contribution is 6.32. The van der Waals surface area contributed by atoms with Crippen LogP contribution in [-0.2, 0) is 4.79 Å². The van der Waals surface area contributed by atoms with Crippen LogP contribution in [0.2, 0.25) is 10.0 Å². The summed E-state index contributed by atoms with van der Waals surface area (Å²) in [4.78, 5) is 11.6. The lowest BCUT2D eigenvalue weighted by atomic mass is 10.1. The third kappa shape index (κ3) is 2.58. The summed E-state index contributed by atoms with van der Waals surface area (Å²) in [7, 11) is 0. The normalized spacial score (nSPS) is 16.6. The molecule has 1 atom stereocenters. The van der Waals surface area contributed by atoms with Crippen molar-refractivity contribution in [2.45, 2.75) is 13.0 Å². The minimum Gasteiger partial charge on any atom is -0.455 e. The fraction of sp³-hybridized carbons (Fsp3) is 0.133. The van der Waals surface area contributed by atoms with E-state index in [0.29, 0.717) is 32.8 Å². The smallest absolute Gasteiger partial charge is 0.245 e. The monoisotopic (exact) mass is 322 g/mol. The maximum absolute atomic E-state index is 11.6. The number of halogens is 2. The molecule has 0 radical (unpaired) electrons. The fourth-order valence-electron chi connectivity index (χ4n) is 2.21. The molecule has 108 valence electrons. The van der Waals surface area contributed by atoms with Crippen LogP contribution in [-0.4, -0.2) is 5.91 Å². The number of nitrogens with two attached hydrogens (primary N) is 1. The third-order valence-corrected chi connectivity index (χ3v) is 3.87. The second kappa shape index (κ2) is 5.22. The van der Waals surface area contributed by atoms with Crippen molar-refractivity contribution in [1.29, 1.82) is 0 Å². The number of amides is 1. The van der Waals surface area contributed by atoms with E-state index in [2.05, 4.69) is 5.32 Å². The second-order valence-corrected chi connectivity index (χ2v) is 5.69. The lowest BCUT2D eigenvalue weighted by Gasteiger charge is -2.12. The molecular weight excluding hydrogens is 311 g/mol. The summed E-state index contributed by atoms with van der Waals surface area (Å²) in [6.45, 7) is 1.89. The van der Waals surface area contributed by atoms with Crippen molar-refractivity contribution >= 4 is 34.8 Å². The SMILES string of the molecule is Cc1cc(Cl)ccc1Oc1cc2c(cc1Cl)C(N)C(=O)N2. The number of nitrogens with one attached hydrogen (secondary N) is 1. The van der Waals surface area contributed by atoms with Crippen molar-refractivity contribution in [3.8, 4) is 11.5 Å². The van der Waals surface area contributed by atoms with Crippen molar-refractivity contribution in [3.05, 3.63) is 51.5 Å². The van der Waals surface area contributed by atoms with E-state index in [9.17, 15) is 4.79 Å². The fourth-order valence-corrected chi connectivity index (χ4v) is 2.65. The Labute approximate surface area is 131 Å². The van der Waals surface area contributed by atoms with E-state index in [-0.39, 0.29) is 5.91 Å². The van der Waals surface area contributed by atoms with Gasteiger partial charge in [0.1, 0.15) is 17.5 Å². The lowest BCUT2D eigenvalue weighted by molar-refractivity contribution is -0.116. The Morgan fingerprint density at radius 2 is 1.95 bits per heavy atom. The molecule has 1 aliphatic rings. The van der Waals surface area contributed by atoms with E-state index in [1.807, 2.05) is 6.92 Å². The predicted octanol–water partition coefficient (Wildman–Crippen LogP) is 4.05. The van der Waals surface area contributed by atoms with Gasteiger partial charge >= 0.3 is 0 Å². The van der Waals surface area contributed by atoms with E-state index >= 15 is 0 Å². The number of fused-ring (bicyclic) bond motifs is 1. The van der Waals surface area contributed by atoms with Gasteiger partial charge in [-0.2, -0.15) is 0 Å². The average molecular weight is 323 g/mol. The minimum atomic E-state index is -0.691. The molecule has 1 amide bonds. The van der Waals surface area contributed by atoms with Crippen molar-refractivity contribution in [1.82, 2.24) is 0 Å². The van der Waals surface area contributed by atoms with Gasteiger partial charge in [-0.1, -0.05) is 23.2 Å². The summed E-state index contributed by atoms with van der Waals surface area (Å²) in [5, 5.41) is 3.74. The van der Waals surface area contributed by atoms with E-state index in [1.54, 1.807) is 30.3 Å². The number of carbonyl (C=O) groups excluding carboxylic acids is 1. The Morgan fingerprint density at radius 3 is 2.67 bits per heavy atom. The van der Waals surface area contributed by atoms with Gasteiger partial charge < -0.3 is 15.8 Å². The molecule has 0 spiro atoms. The molecule has 2 aromatic carbocycles. The second-order valence-electron chi connectivity index (χ2n) is 4.85. The van der Waals surface area contributed by atoms with Crippen molar-refractivity contribution < 1.29 is 9.53 Å². The summed E-state index contributed by atoms with van der Waals surface area (Å²) in [6, 6.07) is 7.95. The number of hydrogen-bond donors (Lipinski definition) is 2. The van der Waals surface area contributed by atoms with E-state index in [0.717, 1.165) is 5.56 Å². The molecule has 0 saturated heterocycles. The van der Waals surface area contributed by atoms with Crippen LogP contribution in [0.3, 0.4) is 0 Å². The first-order chi connectivity index (χ1) is 9.95. The molecule has 1 unspecified atom stereocenters. The first-order valence-corrected chi connectivity index (χ1v) is 7.05. The third-order valence-electron chi connectivity index (χ3n) is 3.34. The summed E-state index contributed by atoms with van der Waals surface area (Å²) in [5.74, 6) is 0.853. The summed E-state index contributed by atoms with van der Waals surface area (Å²) < 4.78 is 5.81. The Kier molecular flexibility index (Phi) is 3.53. The zero-order chi connectivity index (χ0) is 15.1. The molecule has 1 aliphatic heterocycles. The average Bonchev–Trinajstić information content (AvgIpc) is 2.69. The summed E-state index contributed by atoms with van der Waals surface area (Å²) in [6.07, 6.45) is 0. The van der Waals surface area contributed by atoms with Crippen LogP contribution in [0.15, 0.2) is 30.3 Å². The maximum atomic E-state index is 11.6. The molecule has 2 aromatic rings. The molecule has 0 saturated carbocycles. The predicted molar refractivity (Wildman–Crippen MR) is 83.3 cm³/mol. The van der Waals surface area contributed by atoms with Crippen molar-refractivity contribution in [3.63, 3.8) is 0 Å². The van der Waals surface area contributed by atoms with Crippen LogP contribution in [0.5, 0.6) is 11.5 Å². The van der Waals surface area contributed by atoms with Crippen molar-refractivity contribution in [2.75, 3.05) is 5.32 Å². The quantitative estimate of drug-likeness (QED) is 0.876. The molecule has 0 aromatic heterocycles. The molecule has 3 N–H and O–H groups in total. The number of ether oxygens (including phenoxy) is 1. The molecule has 6 heteroatoms. The molecule has 1 heterocycles. The first-order valence-electron chi connectivity index (χ1n) is 6.29. The van der Waals surface area contributed by atoms with Gasteiger partial charge in [0.25, 0.3) is 0 Å². The number of carbonyl (C=O) groups is 1. The van der Waals surface area contributed by atoms with Gasteiger partial charge in [0.15, 0.2) is 0 Å². The summed E-state index contributed by atoms with van der Waals surface area (Å²) in [5.41, 5.74) is 7.96. The number of anilines is 1.